The number of carbonyl (C=O) groups is 2. The molecule has 162 valence electrons. The lowest BCUT2D eigenvalue weighted by Crippen LogP contribution is -2.48. The van der Waals surface area contributed by atoms with Crippen LogP contribution in [0.3, 0.4) is 0 Å². The van der Waals surface area contributed by atoms with Crippen LogP contribution in [0.2, 0.25) is 25.7 Å². The Bertz CT molecular complexity index is 1070. The second kappa shape index (κ2) is 8.23. The Hall–Kier alpha value is -1.46. The summed E-state index contributed by atoms with van der Waals surface area (Å²) >= 11 is 2.31. The number of ether oxygens (including phenoxy) is 1. The number of aryl methyl sites for hydroxylation is 2. The van der Waals surface area contributed by atoms with Crippen molar-refractivity contribution in [2.45, 2.75) is 64.0 Å². The highest BCUT2D eigenvalue weighted by atomic mass is 127. The molecule has 30 heavy (non-hydrogen) atoms. The van der Waals surface area contributed by atoms with Crippen molar-refractivity contribution in [3.8, 4) is 0 Å². The average Bonchev–Trinajstić information content (AvgIpc) is 2.97. The standard InChI is InChI=1S/C21H28IN3O4Si/c1-30(2,3)12-11-29-13-24-18(26)9-8-17(20(24)27)25-16-7-6-15(22)14-5-4-10-23(19(14)16)21(25)28/h6-7,17H,4-5,8-13H2,1-3H3. The van der Waals surface area contributed by atoms with Crippen LogP contribution in [0.5, 0.6) is 0 Å². The molecular formula is C21H28IN3O4Si. The first-order chi connectivity index (χ1) is 14.2. The van der Waals surface area contributed by atoms with Crippen molar-refractivity contribution in [1.29, 1.82) is 0 Å². The van der Waals surface area contributed by atoms with E-state index in [1.807, 2.05) is 12.1 Å². The molecule has 2 amide bonds. The topological polar surface area (TPSA) is 73.5 Å². The fraction of sp³-hybridized carbons (Fsp3) is 0.571. The smallest absolute Gasteiger partial charge is 0.329 e. The molecule has 4 rings (SSSR count). The van der Waals surface area contributed by atoms with Gasteiger partial charge in [-0.05, 0) is 65.6 Å². The number of halogens is 1. The first kappa shape index (κ1) is 21.8. The fourth-order valence-electron chi connectivity index (χ4n) is 4.31. The molecule has 2 aromatic rings. The van der Waals surface area contributed by atoms with E-state index in [4.69, 9.17) is 4.74 Å². The molecule has 1 atom stereocenters. The van der Waals surface area contributed by atoms with Crippen LogP contribution < -0.4 is 5.69 Å². The molecule has 1 fully saturated rings. The van der Waals surface area contributed by atoms with Crippen LogP contribution in [0.1, 0.15) is 30.9 Å². The zero-order chi connectivity index (χ0) is 21.6. The van der Waals surface area contributed by atoms with Gasteiger partial charge in [-0.25, -0.2) is 4.79 Å². The summed E-state index contributed by atoms with van der Waals surface area (Å²) in [5, 5.41) is 0. The third-order valence-electron chi connectivity index (χ3n) is 5.99. The highest BCUT2D eigenvalue weighted by Crippen LogP contribution is 2.32. The third kappa shape index (κ3) is 3.91. The van der Waals surface area contributed by atoms with Gasteiger partial charge >= 0.3 is 5.69 Å². The molecule has 1 unspecified atom stereocenters. The number of likely N-dealkylation sites (tertiary alicyclic amines) is 1. The Morgan fingerprint density at radius 2 is 1.93 bits per heavy atom. The van der Waals surface area contributed by atoms with Gasteiger partial charge in [-0.3, -0.25) is 23.6 Å². The Labute approximate surface area is 190 Å². The number of aromatic nitrogens is 2. The molecule has 2 aliphatic heterocycles. The molecule has 0 saturated carbocycles. The van der Waals surface area contributed by atoms with E-state index in [2.05, 4.69) is 42.2 Å². The number of rotatable bonds is 6. The third-order valence-corrected chi connectivity index (χ3v) is 8.71. The summed E-state index contributed by atoms with van der Waals surface area (Å²) < 4.78 is 10.3. The maximum absolute atomic E-state index is 13.3. The maximum atomic E-state index is 13.3. The first-order valence-corrected chi connectivity index (χ1v) is 15.3. The number of benzene rings is 1. The summed E-state index contributed by atoms with van der Waals surface area (Å²) in [6.45, 7) is 7.95. The Balaban J connectivity index is 1.63. The molecule has 7 nitrogen and oxygen atoms in total. The van der Waals surface area contributed by atoms with E-state index >= 15 is 0 Å². The van der Waals surface area contributed by atoms with Crippen LogP contribution in [0.4, 0.5) is 0 Å². The Morgan fingerprint density at radius 3 is 2.67 bits per heavy atom. The molecule has 0 spiro atoms. The molecule has 3 heterocycles. The van der Waals surface area contributed by atoms with Crippen molar-refractivity contribution in [1.82, 2.24) is 14.0 Å². The zero-order valence-electron chi connectivity index (χ0n) is 17.7. The van der Waals surface area contributed by atoms with E-state index < -0.39 is 14.1 Å². The molecule has 9 heteroatoms. The molecule has 0 aliphatic carbocycles. The normalized spacial score (nSPS) is 19.7. The van der Waals surface area contributed by atoms with Crippen LogP contribution in [0.25, 0.3) is 11.0 Å². The number of piperidine rings is 1. The minimum Gasteiger partial charge on any atom is -0.361 e. The second-order valence-corrected chi connectivity index (χ2v) is 16.1. The number of carbonyl (C=O) groups excluding carboxylic acids is 2. The van der Waals surface area contributed by atoms with Crippen LogP contribution in [0, 0.1) is 3.57 Å². The van der Waals surface area contributed by atoms with Gasteiger partial charge in [-0.15, -0.1) is 0 Å². The molecule has 0 radical (unpaired) electrons. The van der Waals surface area contributed by atoms with Crippen molar-refractivity contribution in [2.75, 3.05) is 13.3 Å². The highest BCUT2D eigenvalue weighted by molar-refractivity contribution is 14.1. The summed E-state index contributed by atoms with van der Waals surface area (Å²) in [4.78, 5) is 40.1. The van der Waals surface area contributed by atoms with Crippen LogP contribution in [0.15, 0.2) is 16.9 Å². The molecule has 1 saturated heterocycles. The number of nitrogens with zero attached hydrogens (tertiary/aromatic N) is 3. The van der Waals surface area contributed by atoms with Crippen molar-refractivity contribution < 1.29 is 14.3 Å². The van der Waals surface area contributed by atoms with Gasteiger partial charge in [0.15, 0.2) is 0 Å². The van der Waals surface area contributed by atoms with Gasteiger partial charge in [0.25, 0.3) is 5.91 Å². The van der Waals surface area contributed by atoms with Crippen molar-refractivity contribution in [2.24, 2.45) is 0 Å². The SMILES string of the molecule is C[Si](C)(C)CCOCN1C(=O)CCC(n2c(=O)n3c4c(c(I)ccc42)CCC3)C1=O. The minimum absolute atomic E-state index is 0.0326. The van der Waals surface area contributed by atoms with Gasteiger partial charge in [0.05, 0.1) is 11.0 Å². The summed E-state index contributed by atoms with van der Waals surface area (Å²) in [6, 6.07) is 4.26. The molecule has 1 aromatic carbocycles. The molecule has 0 N–H and O–H groups in total. The summed E-state index contributed by atoms with van der Waals surface area (Å²) in [5.41, 5.74) is 2.77. The van der Waals surface area contributed by atoms with Crippen molar-refractivity contribution >= 4 is 53.5 Å². The Morgan fingerprint density at radius 1 is 1.17 bits per heavy atom. The molecule has 0 bridgehead atoms. The first-order valence-electron chi connectivity index (χ1n) is 10.5. The minimum atomic E-state index is -1.25. The van der Waals surface area contributed by atoms with E-state index in [1.165, 1.54) is 10.5 Å². The monoisotopic (exact) mass is 541 g/mol. The van der Waals surface area contributed by atoms with E-state index in [-0.39, 0.29) is 30.7 Å². The summed E-state index contributed by atoms with van der Waals surface area (Å²) in [7, 11) is -1.25. The number of hydrogen-bond donors (Lipinski definition) is 0. The number of amides is 2. The fourth-order valence-corrected chi connectivity index (χ4v) is 5.78. The van der Waals surface area contributed by atoms with Gasteiger partial charge in [0.1, 0.15) is 12.8 Å². The van der Waals surface area contributed by atoms with E-state index in [0.29, 0.717) is 19.6 Å². The Kier molecular flexibility index (Phi) is 5.97. The lowest BCUT2D eigenvalue weighted by atomic mass is 10.0. The van der Waals surface area contributed by atoms with Gasteiger partial charge in [0.2, 0.25) is 5.91 Å². The number of imidazole rings is 1. The zero-order valence-corrected chi connectivity index (χ0v) is 20.9. The predicted molar refractivity (Wildman–Crippen MR) is 126 cm³/mol. The highest BCUT2D eigenvalue weighted by Gasteiger charge is 2.38. The van der Waals surface area contributed by atoms with E-state index in [9.17, 15) is 14.4 Å². The molecular weight excluding hydrogens is 513 g/mol. The average molecular weight is 541 g/mol. The predicted octanol–water partition coefficient (Wildman–Crippen LogP) is 3.36. The maximum Gasteiger partial charge on any atom is 0.329 e. The largest absolute Gasteiger partial charge is 0.361 e. The second-order valence-electron chi connectivity index (χ2n) is 9.36. The van der Waals surface area contributed by atoms with Gasteiger partial charge in [-0.2, -0.15) is 0 Å². The van der Waals surface area contributed by atoms with E-state index in [0.717, 1.165) is 33.5 Å². The van der Waals surface area contributed by atoms with Crippen molar-refractivity contribution in [3.05, 3.63) is 31.8 Å². The number of imide groups is 1. The van der Waals surface area contributed by atoms with E-state index in [1.54, 1.807) is 9.13 Å². The summed E-state index contributed by atoms with van der Waals surface area (Å²) in [5.74, 6) is -0.555. The summed E-state index contributed by atoms with van der Waals surface area (Å²) in [6.07, 6.45) is 2.45. The van der Waals surface area contributed by atoms with Crippen molar-refractivity contribution in [3.63, 3.8) is 0 Å². The van der Waals surface area contributed by atoms with Crippen LogP contribution in [-0.2, 0) is 27.3 Å². The molecule has 1 aromatic heterocycles. The lowest BCUT2D eigenvalue weighted by Gasteiger charge is -2.31. The number of hydrogen-bond acceptors (Lipinski definition) is 4. The lowest BCUT2D eigenvalue weighted by molar-refractivity contribution is -0.157. The van der Waals surface area contributed by atoms with Gasteiger partial charge in [0, 0.05) is 31.2 Å². The van der Waals surface area contributed by atoms with Gasteiger partial charge < -0.3 is 4.74 Å². The van der Waals surface area contributed by atoms with Crippen LogP contribution in [-0.4, -0.2) is 47.3 Å². The van der Waals surface area contributed by atoms with Gasteiger partial charge in [-0.1, -0.05) is 19.6 Å². The molecule has 2 aliphatic rings. The van der Waals surface area contributed by atoms with Crippen LogP contribution >= 0.6 is 22.6 Å². The quantitative estimate of drug-likeness (QED) is 0.244.